The number of hydrogen-bond acceptors (Lipinski definition) is 5. The van der Waals surface area contributed by atoms with Gasteiger partial charge in [0.15, 0.2) is 17.6 Å². The normalized spacial score (nSPS) is 18.2. The summed E-state index contributed by atoms with van der Waals surface area (Å²) in [4.78, 5) is 23.2. The summed E-state index contributed by atoms with van der Waals surface area (Å²) in [5.41, 5.74) is 0. The number of guanidine groups is 1. The van der Waals surface area contributed by atoms with Gasteiger partial charge in [0.1, 0.15) is 12.4 Å². The number of nitrogens with zero attached hydrogens (tertiary/aromatic N) is 4. The standard InChI is InChI=1S/C21H31F2N5O3/c1-2-24-21(25-5-12-31-17-3-4-18(22)19(23)15-17)28-8-6-26(7-9-28)16-20(29)27-10-13-30-14-11-27/h3-4,15H,2,5-14,16H2,1H3,(H,24,25). The van der Waals surface area contributed by atoms with Crippen molar-refractivity contribution in [2.75, 3.05) is 78.7 Å². The van der Waals surface area contributed by atoms with Gasteiger partial charge in [0, 0.05) is 51.9 Å². The predicted molar refractivity (Wildman–Crippen MR) is 113 cm³/mol. The third-order valence-corrected chi connectivity index (χ3v) is 5.24. The highest BCUT2D eigenvalue weighted by Crippen LogP contribution is 2.15. The first-order valence-electron chi connectivity index (χ1n) is 10.8. The number of benzene rings is 1. The molecule has 1 aromatic carbocycles. The molecule has 2 aliphatic rings. The Morgan fingerprint density at radius 3 is 2.52 bits per heavy atom. The van der Waals surface area contributed by atoms with Crippen molar-refractivity contribution in [1.29, 1.82) is 0 Å². The fourth-order valence-corrected chi connectivity index (χ4v) is 3.53. The molecular formula is C21H31F2N5O3. The Balaban J connectivity index is 1.43. The fourth-order valence-electron chi connectivity index (χ4n) is 3.53. The Morgan fingerprint density at radius 2 is 1.84 bits per heavy atom. The average molecular weight is 440 g/mol. The van der Waals surface area contributed by atoms with Gasteiger partial charge in [-0.15, -0.1) is 0 Å². The Hall–Kier alpha value is -2.46. The van der Waals surface area contributed by atoms with E-state index in [4.69, 9.17) is 9.47 Å². The van der Waals surface area contributed by atoms with Crippen molar-refractivity contribution >= 4 is 11.9 Å². The largest absolute Gasteiger partial charge is 0.492 e. The summed E-state index contributed by atoms with van der Waals surface area (Å²) in [6, 6.07) is 3.47. The maximum atomic E-state index is 13.2. The van der Waals surface area contributed by atoms with Gasteiger partial charge in [-0.3, -0.25) is 9.69 Å². The number of carbonyl (C=O) groups is 1. The maximum Gasteiger partial charge on any atom is 0.236 e. The molecule has 1 aromatic rings. The van der Waals surface area contributed by atoms with Crippen LogP contribution >= 0.6 is 0 Å². The lowest BCUT2D eigenvalue weighted by atomic mass is 10.3. The lowest BCUT2D eigenvalue weighted by Gasteiger charge is -2.37. The number of aliphatic imine (C=N–C) groups is 1. The van der Waals surface area contributed by atoms with E-state index >= 15 is 0 Å². The monoisotopic (exact) mass is 439 g/mol. The van der Waals surface area contributed by atoms with E-state index in [1.165, 1.54) is 6.07 Å². The van der Waals surface area contributed by atoms with Gasteiger partial charge in [-0.1, -0.05) is 0 Å². The Bertz CT molecular complexity index is 751. The highest BCUT2D eigenvalue weighted by molar-refractivity contribution is 5.80. The van der Waals surface area contributed by atoms with E-state index in [0.717, 1.165) is 50.8 Å². The zero-order chi connectivity index (χ0) is 22.1. The molecule has 0 aromatic heterocycles. The van der Waals surface area contributed by atoms with Gasteiger partial charge in [-0.05, 0) is 19.1 Å². The molecule has 0 atom stereocenters. The average Bonchev–Trinajstić information content (AvgIpc) is 2.79. The molecule has 172 valence electrons. The number of morpholine rings is 1. The summed E-state index contributed by atoms with van der Waals surface area (Å²) in [6.45, 7) is 9.49. The van der Waals surface area contributed by atoms with Gasteiger partial charge in [-0.2, -0.15) is 0 Å². The van der Waals surface area contributed by atoms with Crippen LogP contribution in [0.4, 0.5) is 8.78 Å². The fraction of sp³-hybridized carbons (Fsp3) is 0.619. The zero-order valence-electron chi connectivity index (χ0n) is 18.0. The van der Waals surface area contributed by atoms with Crippen LogP contribution in [0.2, 0.25) is 0 Å². The Morgan fingerprint density at radius 1 is 1.10 bits per heavy atom. The minimum Gasteiger partial charge on any atom is -0.492 e. The first kappa shape index (κ1) is 23.2. The molecule has 2 heterocycles. The molecule has 0 radical (unpaired) electrons. The van der Waals surface area contributed by atoms with Gasteiger partial charge in [0.05, 0.1) is 26.3 Å². The molecule has 2 aliphatic heterocycles. The van der Waals surface area contributed by atoms with Gasteiger partial charge in [0.2, 0.25) is 5.91 Å². The molecule has 1 N–H and O–H groups in total. The molecule has 8 nitrogen and oxygen atoms in total. The van der Waals surface area contributed by atoms with Crippen LogP contribution < -0.4 is 10.1 Å². The number of rotatable bonds is 7. The number of amides is 1. The van der Waals surface area contributed by atoms with Crippen molar-refractivity contribution in [3.05, 3.63) is 29.8 Å². The molecule has 0 unspecified atom stereocenters. The lowest BCUT2D eigenvalue weighted by Crippen LogP contribution is -2.55. The van der Waals surface area contributed by atoms with Gasteiger partial charge in [-0.25, -0.2) is 13.8 Å². The second-order valence-electron chi connectivity index (χ2n) is 7.42. The number of carbonyl (C=O) groups excluding carboxylic acids is 1. The van der Waals surface area contributed by atoms with E-state index in [9.17, 15) is 13.6 Å². The van der Waals surface area contributed by atoms with Crippen LogP contribution in [0.1, 0.15) is 6.92 Å². The van der Waals surface area contributed by atoms with Crippen molar-refractivity contribution in [2.45, 2.75) is 6.92 Å². The lowest BCUT2D eigenvalue weighted by molar-refractivity contribution is -0.136. The molecular weight excluding hydrogens is 408 g/mol. The summed E-state index contributed by atoms with van der Waals surface area (Å²) >= 11 is 0. The van der Waals surface area contributed by atoms with E-state index in [2.05, 4.69) is 20.1 Å². The van der Waals surface area contributed by atoms with Crippen LogP contribution in [0.3, 0.4) is 0 Å². The summed E-state index contributed by atoms with van der Waals surface area (Å²) in [5, 5.41) is 3.28. The number of halogens is 2. The minimum atomic E-state index is -0.931. The van der Waals surface area contributed by atoms with Crippen LogP contribution in [0.15, 0.2) is 23.2 Å². The van der Waals surface area contributed by atoms with Crippen molar-refractivity contribution < 1.29 is 23.0 Å². The number of nitrogens with one attached hydrogen (secondary N) is 1. The molecule has 0 saturated carbocycles. The molecule has 3 rings (SSSR count). The molecule has 0 bridgehead atoms. The molecule has 0 spiro atoms. The van der Waals surface area contributed by atoms with E-state index in [0.29, 0.717) is 39.4 Å². The first-order valence-corrected chi connectivity index (χ1v) is 10.8. The summed E-state index contributed by atoms with van der Waals surface area (Å²) < 4.78 is 37.0. The topological polar surface area (TPSA) is 69.6 Å². The molecule has 10 heteroatoms. The van der Waals surface area contributed by atoms with Crippen LogP contribution in [0.5, 0.6) is 5.75 Å². The van der Waals surface area contributed by atoms with E-state index in [1.54, 1.807) is 0 Å². The summed E-state index contributed by atoms with van der Waals surface area (Å²) in [5.74, 6) is -0.607. The second-order valence-corrected chi connectivity index (χ2v) is 7.42. The van der Waals surface area contributed by atoms with Crippen molar-refractivity contribution in [2.24, 2.45) is 4.99 Å². The van der Waals surface area contributed by atoms with E-state index < -0.39 is 11.6 Å². The first-order chi connectivity index (χ1) is 15.1. The van der Waals surface area contributed by atoms with E-state index in [-0.39, 0.29) is 18.3 Å². The smallest absolute Gasteiger partial charge is 0.236 e. The quantitative estimate of drug-likeness (QED) is 0.385. The van der Waals surface area contributed by atoms with Gasteiger partial charge >= 0.3 is 0 Å². The molecule has 2 fully saturated rings. The minimum absolute atomic E-state index is 0.159. The SMILES string of the molecule is CCNC(=NCCOc1ccc(F)c(F)c1)N1CCN(CC(=O)N2CCOCC2)CC1. The third-order valence-electron chi connectivity index (χ3n) is 5.24. The van der Waals surface area contributed by atoms with E-state index in [1.807, 2.05) is 11.8 Å². The highest BCUT2D eigenvalue weighted by atomic mass is 19.2. The molecule has 0 aliphatic carbocycles. The predicted octanol–water partition coefficient (Wildman–Crippen LogP) is 0.786. The molecule has 1 amide bonds. The summed E-state index contributed by atoms with van der Waals surface area (Å²) in [6.07, 6.45) is 0. The summed E-state index contributed by atoms with van der Waals surface area (Å²) in [7, 11) is 0. The van der Waals surface area contributed by atoms with Crippen LogP contribution in [0.25, 0.3) is 0 Å². The van der Waals surface area contributed by atoms with Crippen molar-refractivity contribution in [1.82, 2.24) is 20.0 Å². The maximum absolute atomic E-state index is 13.2. The van der Waals surface area contributed by atoms with Gasteiger partial charge in [0.25, 0.3) is 0 Å². The molecule has 31 heavy (non-hydrogen) atoms. The Labute approximate surface area is 181 Å². The third kappa shape index (κ3) is 7.03. The Kier molecular flexibility index (Phi) is 8.84. The number of hydrogen-bond donors (Lipinski definition) is 1. The van der Waals surface area contributed by atoms with Crippen molar-refractivity contribution in [3.63, 3.8) is 0 Å². The van der Waals surface area contributed by atoms with Crippen LogP contribution in [-0.2, 0) is 9.53 Å². The number of ether oxygens (including phenoxy) is 2. The molecule has 2 saturated heterocycles. The number of piperazine rings is 1. The van der Waals surface area contributed by atoms with Crippen LogP contribution in [0, 0.1) is 11.6 Å². The van der Waals surface area contributed by atoms with Crippen LogP contribution in [-0.4, -0.2) is 105 Å². The van der Waals surface area contributed by atoms with Crippen molar-refractivity contribution in [3.8, 4) is 5.75 Å². The highest BCUT2D eigenvalue weighted by Gasteiger charge is 2.24. The van der Waals surface area contributed by atoms with Gasteiger partial charge < -0.3 is 24.6 Å². The zero-order valence-corrected chi connectivity index (χ0v) is 18.0. The second kappa shape index (κ2) is 11.8.